The highest BCUT2D eigenvalue weighted by Crippen LogP contribution is 2.32. The third kappa shape index (κ3) is 4.11. The molecule has 0 spiro atoms. The lowest BCUT2D eigenvalue weighted by Crippen LogP contribution is -3.15. The molecule has 1 atom stereocenters. The number of hydrogen-bond donors (Lipinski definition) is 2. The highest BCUT2D eigenvalue weighted by molar-refractivity contribution is 7.89. The molecule has 0 saturated carbocycles. The molecule has 1 aromatic heterocycles. The third-order valence-electron chi connectivity index (χ3n) is 4.82. The van der Waals surface area contributed by atoms with Gasteiger partial charge in [-0.1, -0.05) is 0 Å². The summed E-state index contributed by atoms with van der Waals surface area (Å²) >= 11 is 0. The van der Waals surface area contributed by atoms with Crippen molar-refractivity contribution in [3.8, 4) is 11.5 Å². The molecule has 2 aromatic rings. The van der Waals surface area contributed by atoms with Gasteiger partial charge in [0.1, 0.15) is 26.3 Å². The number of morpholine rings is 1. The second-order valence-corrected chi connectivity index (χ2v) is 8.26. The van der Waals surface area contributed by atoms with Gasteiger partial charge < -0.3 is 23.5 Å². The van der Waals surface area contributed by atoms with E-state index >= 15 is 0 Å². The highest BCUT2D eigenvalue weighted by Gasteiger charge is 2.30. The summed E-state index contributed by atoms with van der Waals surface area (Å²) in [6.45, 7) is 4.02. The van der Waals surface area contributed by atoms with Crippen molar-refractivity contribution >= 4 is 10.0 Å². The van der Waals surface area contributed by atoms with Crippen LogP contribution >= 0.6 is 0 Å². The fourth-order valence-corrected chi connectivity index (χ4v) is 4.45. The zero-order valence-corrected chi connectivity index (χ0v) is 15.7. The first-order valence-corrected chi connectivity index (χ1v) is 10.5. The van der Waals surface area contributed by atoms with Crippen LogP contribution in [0.25, 0.3) is 0 Å². The average Bonchev–Trinajstić information content (AvgIpc) is 3.23. The number of furan rings is 1. The second-order valence-electron chi connectivity index (χ2n) is 6.50. The number of rotatable bonds is 6. The lowest BCUT2D eigenvalue weighted by Gasteiger charge is -2.30. The van der Waals surface area contributed by atoms with Crippen LogP contribution in [0.2, 0.25) is 0 Å². The Morgan fingerprint density at radius 3 is 2.56 bits per heavy atom. The minimum absolute atomic E-state index is 0.115. The number of benzene rings is 1. The Balaban J connectivity index is 1.51. The van der Waals surface area contributed by atoms with Crippen LogP contribution in [0.5, 0.6) is 11.5 Å². The van der Waals surface area contributed by atoms with E-state index in [1.165, 1.54) is 17.0 Å². The van der Waals surface area contributed by atoms with Crippen molar-refractivity contribution < 1.29 is 31.9 Å². The zero-order valence-electron chi connectivity index (χ0n) is 14.8. The Hall–Kier alpha value is -2.07. The van der Waals surface area contributed by atoms with E-state index in [1.54, 1.807) is 12.3 Å². The molecule has 2 aliphatic rings. The van der Waals surface area contributed by atoms with Crippen LogP contribution < -0.4 is 19.1 Å². The maximum atomic E-state index is 12.8. The van der Waals surface area contributed by atoms with Gasteiger partial charge >= 0.3 is 0 Å². The second kappa shape index (κ2) is 7.89. The van der Waals surface area contributed by atoms with E-state index < -0.39 is 10.0 Å². The lowest BCUT2D eigenvalue weighted by atomic mass is 10.2. The van der Waals surface area contributed by atoms with Crippen LogP contribution in [0.3, 0.4) is 0 Å². The summed E-state index contributed by atoms with van der Waals surface area (Å²) in [6.07, 6.45) is 1.61. The molecular formula is C18H23N2O6S+. The van der Waals surface area contributed by atoms with Crippen molar-refractivity contribution in [2.24, 2.45) is 0 Å². The van der Waals surface area contributed by atoms with Crippen LogP contribution in [0.4, 0.5) is 0 Å². The quantitative estimate of drug-likeness (QED) is 0.715. The molecule has 4 rings (SSSR count). The van der Waals surface area contributed by atoms with Crippen molar-refractivity contribution in [3.05, 3.63) is 42.4 Å². The zero-order chi connectivity index (χ0) is 18.7. The van der Waals surface area contributed by atoms with Crippen molar-refractivity contribution in [2.45, 2.75) is 10.9 Å². The first-order valence-electron chi connectivity index (χ1n) is 8.98. The molecule has 1 fully saturated rings. The molecule has 0 bridgehead atoms. The summed E-state index contributed by atoms with van der Waals surface area (Å²) in [5.74, 6) is 1.77. The van der Waals surface area contributed by atoms with Gasteiger partial charge in [-0.25, -0.2) is 13.1 Å². The summed E-state index contributed by atoms with van der Waals surface area (Å²) < 4.78 is 50.2. The van der Waals surface area contributed by atoms with Crippen LogP contribution in [-0.2, 0) is 14.8 Å². The van der Waals surface area contributed by atoms with Crippen LogP contribution in [-0.4, -0.2) is 54.5 Å². The lowest BCUT2D eigenvalue weighted by molar-refractivity contribution is -0.938. The van der Waals surface area contributed by atoms with Gasteiger partial charge in [0, 0.05) is 6.07 Å². The van der Waals surface area contributed by atoms with E-state index in [4.69, 9.17) is 18.6 Å². The Morgan fingerprint density at radius 2 is 1.81 bits per heavy atom. The Labute approximate surface area is 158 Å². The molecule has 0 unspecified atom stereocenters. The Bertz CT molecular complexity index is 862. The largest absolute Gasteiger partial charge is 0.486 e. The van der Waals surface area contributed by atoms with Crippen LogP contribution in [0.1, 0.15) is 11.8 Å². The van der Waals surface area contributed by atoms with E-state index in [2.05, 4.69) is 4.72 Å². The fraction of sp³-hybridized carbons (Fsp3) is 0.444. The topological polar surface area (TPSA) is 91.4 Å². The van der Waals surface area contributed by atoms with Gasteiger partial charge in [-0.3, -0.25) is 0 Å². The molecule has 2 N–H and O–H groups in total. The molecule has 1 saturated heterocycles. The van der Waals surface area contributed by atoms with Gasteiger partial charge in [-0.15, -0.1) is 0 Å². The summed E-state index contributed by atoms with van der Waals surface area (Å²) in [7, 11) is -3.69. The monoisotopic (exact) mass is 395 g/mol. The van der Waals surface area contributed by atoms with E-state index in [0.29, 0.717) is 37.9 Å². The molecule has 27 heavy (non-hydrogen) atoms. The molecule has 0 amide bonds. The van der Waals surface area contributed by atoms with Crippen molar-refractivity contribution in [1.29, 1.82) is 0 Å². The number of sulfonamides is 1. The third-order valence-corrected chi connectivity index (χ3v) is 6.24. The number of nitrogens with one attached hydrogen (secondary N) is 2. The first kappa shape index (κ1) is 18.3. The van der Waals surface area contributed by atoms with E-state index in [1.807, 2.05) is 12.1 Å². The number of hydrogen-bond acceptors (Lipinski definition) is 6. The molecule has 1 aromatic carbocycles. The predicted molar refractivity (Wildman–Crippen MR) is 95.6 cm³/mol. The molecule has 146 valence electrons. The highest BCUT2D eigenvalue weighted by atomic mass is 32.2. The standard InChI is InChI=1S/C18H22N2O6S/c21-27(22,14-3-4-17-18(12-14)26-11-10-25-17)19-13-15(16-2-1-7-24-16)20-5-8-23-9-6-20/h1-4,7,12,15,19H,5-6,8-11,13H2/p+1/t15-/m0/s1. The molecule has 0 radical (unpaired) electrons. The van der Waals surface area contributed by atoms with Crippen molar-refractivity contribution in [3.63, 3.8) is 0 Å². The Kier molecular flexibility index (Phi) is 5.35. The van der Waals surface area contributed by atoms with Crippen molar-refractivity contribution in [2.75, 3.05) is 46.1 Å². The molecule has 9 heteroatoms. The van der Waals surface area contributed by atoms with Gasteiger partial charge in [-0.2, -0.15) is 0 Å². The predicted octanol–water partition coefficient (Wildman–Crippen LogP) is -0.0145. The van der Waals surface area contributed by atoms with Crippen LogP contribution in [0.15, 0.2) is 45.9 Å². The number of ether oxygens (including phenoxy) is 3. The maximum Gasteiger partial charge on any atom is 0.240 e. The Morgan fingerprint density at radius 1 is 1.04 bits per heavy atom. The number of quaternary nitrogens is 1. The van der Waals surface area contributed by atoms with E-state index in [0.717, 1.165) is 18.8 Å². The summed E-state index contributed by atoms with van der Waals surface area (Å²) in [6, 6.07) is 8.24. The van der Waals surface area contributed by atoms with Gasteiger partial charge in [-0.05, 0) is 24.3 Å². The summed E-state index contributed by atoms with van der Waals surface area (Å²) in [5, 5.41) is 0. The molecule has 3 heterocycles. The fourth-order valence-electron chi connectivity index (χ4n) is 3.38. The van der Waals surface area contributed by atoms with Gasteiger partial charge in [0.15, 0.2) is 23.3 Å². The van der Waals surface area contributed by atoms with Gasteiger partial charge in [0.05, 0.1) is 30.9 Å². The van der Waals surface area contributed by atoms with Crippen LogP contribution in [0, 0.1) is 0 Å². The average molecular weight is 395 g/mol. The van der Waals surface area contributed by atoms with Crippen molar-refractivity contribution in [1.82, 2.24) is 4.72 Å². The van der Waals surface area contributed by atoms with Gasteiger partial charge in [0.25, 0.3) is 0 Å². The normalized spacial score (nSPS) is 19.0. The smallest absolute Gasteiger partial charge is 0.240 e. The molecule has 2 aliphatic heterocycles. The molecular weight excluding hydrogens is 372 g/mol. The summed E-state index contributed by atoms with van der Waals surface area (Å²) in [4.78, 5) is 1.39. The maximum absolute atomic E-state index is 12.8. The van der Waals surface area contributed by atoms with Gasteiger partial charge in [0.2, 0.25) is 10.0 Å². The SMILES string of the molecule is O=S(=O)(NC[C@@H](c1ccco1)[NH+]1CCOCC1)c1ccc2c(c1)OCCO2. The minimum Gasteiger partial charge on any atom is -0.486 e. The molecule has 8 nitrogen and oxygen atoms in total. The minimum atomic E-state index is -3.69. The number of fused-ring (bicyclic) bond motifs is 1. The molecule has 0 aliphatic carbocycles. The van der Waals surface area contributed by atoms with E-state index in [9.17, 15) is 8.42 Å². The first-order chi connectivity index (χ1) is 13.1. The van der Waals surface area contributed by atoms with E-state index in [-0.39, 0.29) is 17.5 Å². The summed E-state index contributed by atoms with van der Waals surface area (Å²) in [5.41, 5.74) is 0.